The molecule has 0 amide bonds. The van der Waals surface area contributed by atoms with Gasteiger partial charge in [0.1, 0.15) is 11.3 Å². The molecular weight excluding hydrogens is 338 g/mol. The van der Waals surface area contributed by atoms with Crippen molar-refractivity contribution in [3.8, 4) is 11.4 Å². The van der Waals surface area contributed by atoms with Crippen LogP contribution < -0.4 is 4.74 Å². The minimum absolute atomic E-state index is 0.186. The number of ether oxygens (including phenoxy) is 1. The highest BCUT2D eigenvalue weighted by atomic mass is 79.9. The summed E-state index contributed by atoms with van der Waals surface area (Å²) in [5.41, 5.74) is 2.25. The molecule has 1 N–H and O–H groups in total. The number of methoxy groups -OCH3 is 1. The molecule has 3 aromatic rings. The lowest BCUT2D eigenvalue weighted by Gasteiger charge is -2.06. The van der Waals surface area contributed by atoms with Crippen LogP contribution in [0, 0.1) is 0 Å². The minimum atomic E-state index is -0.987. The second-order valence-electron chi connectivity index (χ2n) is 4.33. The monoisotopic (exact) mass is 347 g/mol. The largest absolute Gasteiger partial charge is 0.496 e. The van der Waals surface area contributed by atoms with E-state index in [4.69, 9.17) is 9.84 Å². The average molecular weight is 348 g/mol. The van der Waals surface area contributed by atoms with Crippen LogP contribution >= 0.6 is 15.9 Å². The molecule has 0 saturated heterocycles. The fourth-order valence-corrected chi connectivity index (χ4v) is 2.56. The third-order valence-corrected chi connectivity index (χ3v) is 3.69. The molecular formula is C14H10BrN3O3. The smallest absolute Gasteiger partial charge is 0.335 e. The van der Waals surface area contributed by atoms with Gasteiger partial charge < -0.3 is 9.84 Å². The lowest BCUT2D eigenvalue weighted by molar-refractivity contribution is 0.0697. The molecule has 0 atom stereocenters. The summed E-state index contributed by atoms with van der Waals surface area (Å²) in [5.74, 6) is -0.269. The van der Waals surface area contributed by atoms with Crippen LogP contribution in [0.4, 0.5) is 0 Å². The van der Waals surface area contributed by atoms with Crippen LogP contribution in [-0.2, 0) is 0 Å². The Morgan fingerprint density at radius 2 is 2.10 bits per heavy atom. The minimum Gasteiger partial charge on any atom is -0.496 e. The van der Waals surface area contributed by atoms with Crippen molar-refractivity contribution in [1.82, 2.24) is 15.0 Å². The van der Waals surface area contributed by atoms with Crippen LogP contribution in [-0.4, -0.2) is 33.2 Å². The summed E-state index contributed by atoms with van der Waals surface area (Å²) in [6, 6.07) is 10.2. The SMILES string of the molecule is COc1ccc(-n2nnc3cc(C(=O)O)ccc32)cc1Br. The molecule has 0 bridgehead atoms. The molecule has 0 radical (unpaired) electrons. The Hall–Kier alpha value is -2.41. The van der Waals surface area contributed by atoms with Gasteiger partial charge in [0.05, 0.1) is 28.4 Å². The Balaban J connectivity index is 2.13. The fraction of sp³-hybridized carbons (Fsp3) is 0.0714. The van der Waals surface area contributed by atoms with Crippen LogP contribution in [0.1, 0.15) is 10.4 Å². The van der Waals surface area contributed by atoms with Gasteiger partial charge in [0.15, 0.2) is 0 Å². The number of aromatic nitrogens is 3. The Labute approximate surface area is 128 Å². The first-order valence-electron chi connectivity index (χ1n) is 6.03. The van der Waals surface area contributed by atoms with Gasteiger partial charge in [-0.25, -0.2) is 9.48 Å². The fourth-order valence-electron chi connectivity index (χ4n) is 2.03. The van der Waals surface area contributed by atoms with Crippen molar-refractivity contribution >= 4 is 32.9 Å². The number of hydrogen-bond donors (Lipinski definition) is 1. The normalized spacial score (nSPS) is 10.8. The Bertz CT molecular complexity index is 845. The highest BCUT2D eigenvalue weighted by molar-refractivity contribution is 9.10. The van der Waals surface area contributed by atoms with Crippen LogP contribution in [0.15, 0.2) is 40.9 Å². The number of rotatable bonds is 3. The lowest BCUT2D eigenvalue weighted by Crippen LogP contribution is -1.98. The maximum absolute atomic E-state index is 11.0. The van der Waals surface area contributed by atoms with E-state index in [1.165, 1.54) is 12.1 Å². The number of carbonyl (C=O) groups is 1. The van der Waals surface area contributed by atoms with Gasteiger partial charge in [0.2, 0.25) is 0 Å². The van der Waals surface area contributed by atoms with E-state index in [0.717, 1.165) is 21.4 Å². The Kier molecular flexibility index (Phi) is 3.34. The first-order chi connectivity index (χ1) is 10.1. The number of nitrogens with zero attached hydrogens (tertiary/aromatic N) is 3. The standard InChI is InChI=1S/C14H10BrN3O3/c1-21-13-5-3-9(7-10(13)15)18-12-4-2-8(14(19)20)6-11(12)16-17-18/h2-7H,1H3,(H,19,20). The Morgan fingerprint density at radius 3 is 2.76 bits per heavy atom. The number of halogens is 1. The molecule has 6 nitrogen and oxygen atoms in total. The molecule has 2 aromatic carbocycles. The number of carboxylic acid groups (broad SMARTS) is 1. The molecule has 3 rings (SSSR count). The predicted octanol–water partition coefficient (Wildman–Crippen LogP) is 2.89. The first-order valence-corrected chi connectivity index (χ1v) is 6.82. The van der Waals surface area contributed by atoms with Gasteiger partial charge in [-0.2, -0.15) is 0 Å². The number of aromatic carboxylic acids is 1. The van der Waals surface area contributed by atoms with E-state index in [0.29, 0.717) is 5.52 Å². The number of benzene rings is 2. The van der Waals surface area contributed by atoms with Crippen molar-refractivity contribution in [3.05, 3.63) is 46.4 Å². The van der Waals surface area contributed by atoms with Crippen molar-refractivity contribution < 1.29 is 14.6 Å². The molecule has 21 heavy (non-hydrogen) atoms. The highest BCUT2D eigenvalue weighted by Gasteiger charge is 2.11. The highest BCUT2D eigenvalue weighted by Crippen LogP contribution is 2.28. The van der Waals surface area contributed by atoms with Crippen molar-refractivity contribution in [2.45, 2.75) is 0 Å². The van der Waals surface area contributed by atoms with Crippen LogP contribution in [0.3, 0.4) is 0 Å². The van der Waals surface area contributed by atoms with E-state index in [2.05, 4.69) is 26.2 Å². The van der Waals surface area contributed by atoms with Gasteiger partial charge in [0, 0.05) is 0 Å². The quantitative estimate of drug-likeness (QED) is 0.788. The summed E-state index contributed by atoms with van der Waals surface area (Å²) in [5, 5.41) is 17.1. The third-order valence-electron chi connectivity index (χ3n) is 3.07. The maximum Gasteiger partial charge on any atom is 0.335 e. The molecule has 106 valence electrons. The van der Waals surface area contributed by atoms with Crippen molar-refractivity contribution in [1.29, 1.82) is 0 Å². The van der Waals surface area contributed by atoms with Crippen molar-refractivity contribution in [2.75, 3.05) is 7.11 Å². The summed E-state index contributed by atoms with van der Waals surface area (Å²) in [7, 11) is 1.60. The van der Waals surface area contributed by atoms with E-state index in [1.54, 1.807) is 17.9 Å². The van der Waals surface area contributed by atoms with E-state index in [1.807, 2.05) is 18.2 Å². The molecule has 1 aromatic heterocycles. The van der Waals surface area contributed by atoms with E-state index in [9.17, 15) is 4.79 Å². The van der Waals surface area contributed by atoms with Gasteiger partial charge in [-0.15, -0.1) is 5.10 Å². The van der Waals surface area contributed by atoms with Crippen molar-refractivity contribution in [3.63, 3.8) is 0 Å². The van der Waals surface area contributed by atoms with Gasteiger partial charge in [0.25, 0.3) is 0 Å². The molecule has 7 heteroatoms. The average Bonchev–Trinajstić information content (AvgIpc) is 2.90. The maximum atomic E-state index is 11.0. The van der Waals surface area contributed by atoms with Gasteiger partial charge in [-0.05, 0) is 52.3 Å². The molecule has 0 saturated carbocycles. The number of carboxylic acids is 1. The van der Waals surface area contributed by atoms with E-state index >= 15 is 0 Å². The molecule has 0 fully saturated rings. The molecule has 0 aliphatic carbocycles. The van der Waals surface area contributed by atoms with E-state index < -0.39 is 5.97 Å². The zero-order valence-electron chi connectivity index (χ0n) is 10.9. The second-order valence-corrected chi connectivity index (χ2v) is 5.18. The first kappa shape index (κ1) is 13.6. The zero-order chi connectivity index (χ0) is 15.0. The second kappa shape index (κ2) is 5.17. The number of hydrogen-bond acceptors (Lipinski definition) is 4. The molecule has 0 unspecified atom stereocenters. The van der Waals surface area contributed by atoms with E-state index in [-0.39, 0.29) is 5.56 Å². The third kappa shape index (κ3) is 2.36. The molecule has 1 heterocycles. The summed E-state index contributed by atoms with van der Waals surface area (Å²) in [4.78, 5) is 11.0. The zero-order valence-corrected chi connectivity index (χ0v) is 12.5. The summed E-state index contributed by atoms with van der Waals surface area (Å²) in [6.07, 6.45) is 0. The number of fused-ring (bicyclic) bond motifs is 1. The Morgan fingerprint density at radius 1 is 1.29 bits per heavy atom. The summed E-state index contributed by atoms with van der Waals surface area (Å²) in [6.45, 7) is 0. The molecule has 0 aliphatic heterocycles. The van der Waals surface area contributed by atoms with Crippen LogP contribution in [0.2, 0.25) is 0 Å². The van der Waals surface area contributed by atoms with Gasteiger partial charge in [-0.1, -0.05) is 5.21 Å². The van der Waals surface area contributed by atoms with Crippen LogP contribution in [0.25, 0.3) is 16.7 Å². The predicted molar refractivity (Wildman–Crippen MR) is 80.1 cm³/mol. The van der Waals surface area contributed by atoms with Crippen LogP contribution in [0.5, 0.6) is 5.75 Å². The summed E-state index contributed by atoms with van der Waals surface area (Å²) >= 11 is 3.42. The molecule has 0 aliphatic rings. The van der Waals surface area contributed by atoms with Gasteiger partial charge in [-0.3, -0.25) is 0 Å². The molecule has 0 spiro atoms. The lowest BCUT2D eigenvalue weighted by atomic mass is 10.2. The van der Waals surface area contributed by atoms with Crippen molar-refractivity contribution in [2.24, 2.45) is 0 Å². The summed E-state index contributed by atoms with van der Waals surface area (Å²) < 4.78 is 7.63. The topological polar surface area (TPSA) is 77.2 Å². The van der Waals surface area contributed by atoms with Gasteiger partial charge >= 0.3 is 5.97 Å².